The van der Waals surface area contributed by atoms with Gasteiger partial charge in [0.05, 0.1) is 7.11 Å². The van der Waals surface area contributed by atoms with Crippen LogP contribution >= 0.6 is 15.9 Å². The van der Waals surface area contributed by atoms with E-state index < -0.39 is 36.3 Å². The summed E-state index contributed by atoms with van der Waals surface area (Å²) in [6.45, 7) is 5.08. The lowest BCUT2D eigenvalue weighted by Crippen LogP contribution is -2.70. The van der Waals surface area contributed by atoms with Crippen molar-refractivity contribution in [3.05, 3.63) is 71.2 Å². The largest absolute Gasteiger partial charge is 0.497 e. The van der Waals surface area contributed by atoms with Crippen molar-refractivity contribution < 1.29 is 33.3 Å². The third-order valence-corrected chi connectivity index (χ3v) is 5.69. The summed E-state index contributed by atoms with van der Waals surface area (Å²) >= 11 is 3.33. The summed E-state index contributed by atoms with van der Waals surface area (Å²) < 4.78 is 22.3. The van der Waals surface area contributed by atoms with Gasteiger partial charge in [0, 0.05) is 31.7 Å². The fraction of sp³-hybridized carbons (Fsp3) is 0.320. The Hall–Kier alpha value is -3.17. The second-order valence-electron chi connectivity index (χ2n) is 7.65. The number of β-lactam (4-membered cyclic amide) rings is 1. The van der Waals surface area contributed by atoms with Crippen LogP contribution in [0.2, 0.25) is 0 Å². The number of hydrogen-bond acceptors (Lipinski definition) is 7. The van der Waals surface area contributed by atoms with E-state index in [-0.39, 0.29) is 12.3 Å². The minimum absolute atomic E-state index is 0.206. The predicted octanol–water partition coefficient (Wildman–Crippen LogP) is 3.94. The molecule has 0 unspecified atom stereocenters. The Morgan fingerprint density at radius 1 is 1.06 bits per heavy atom. The van der Waals surface area contributed by atoms with Crippen LogP contribution in [-0.4, -0.2) is 50.3 Å². The number of benzene rings is 2. The summed E-state index contributed by atoms with van der Waals surface area (Å²) in [7, 11) is 2.98. The van der Waals surface area contributed by atoms with Gasteiger partial charge in [0.2, 0.25) is 6.10 Å². The molecular formula is C25H26BrNO7. The highest BCUT2D eigenvalue weighted by molar-refractivity contribution is 9.11. The van der Waals surface area contributed by atoms with Crippen molar-refractivity contribution in [1.82, 2.24) is 0 Å². The van der Waals surface area contributed by atoms with Crippen molar-refractivity contribution in [3.63, 3.8) is 0 Å². The number of methoxy groups -OCH3 is 2. The number of carbonyl (C=O) groups excluding carboxylic acids is 3. The van der Waals surface area contributed by atoms with Crippen LogP contribution in [0.5, 0.6) is 5.75 Å². The van der Waals surface area contributed by atoms with Crippen molar-refractivity contribution >= 4 is 39.5 Å². The highest BCUT2D eigenvalue weighted by atomic mass is 79.9. The van der Waals surface area contributed by atoms with Crippen LogP contribution in [0.15, 0.2) is 65.7 Å². The topological polar surface area (TPSA) is 91.4 Å². The molecule has 1 aliphatic heterocycles. The van der Waals surface area contributed by atoms with E-state index in [1.54, 1.807) is 61.7 Å². The second kappa shape index (κ2) is 11.3. The van der Waals surface area contributed by atoms with Crippen molar-refractivity contribution in [3.8, 4) is 5.75 Å². The first kappa shape index (κ1) is 25.5. The molecule has 0 N–H and O–H groups in total. The van der Waals surface area contributed by atoms with E-state index in [1.807, 2.05) is 0 Å². The molecule has 0 bridgehead atoms. The van der Waals surface area contributed by atoms with Gasteiger partial charge in [-0.15, -0.1) is 0 Å². The summed E-state index contributed by atoms with van der Waals surface area (Å²) in [5.74, 6) is -1.01. The average Bonchev–Trinajstić information content (AvgIpc) is 2.81. The van der Waals surface area contributed by atoms with E-state index in [4.69, 9.17) is 18.9 Å². The van der Waals surface area contributed by atoms with E-state index in [9.17, 15) is 14.4 Å². The lowest BCUT2D eigenvalue weighted by Gasteiger charge is -2.49. The molecule has 1 heterocycles. The number of ether oxygens (including phenoxy) is 4. The minimum atomic E-state index is -1.25. The van der Waals surface area contributed by atoms with Crippen molar-refractivity contribution in [1.29, 1.82) is 0 Å². The Kier molecular flexibility index (Phi) is 8.46. The van der Waals surface area contributed by atoms with Gasteiger partial charge >= 0.3 is 11.9 Å². The van der Waals surface area contributed by atoms with E-state index in [1.165, 1.54) is 18.9 Å². The second-order valence-corrected chi connectivity index (χ2v) is 8.77. The summed E-state index contributed by atoms with van der Waals surface area (Å²) in [5, 5.41) is 0. The fourth-order valence-corrected chi connectivity index (χ4v) is 4.15. The van der Waals surface area contributed by atoms with E-state index in [2.05, 4.69) is 22.5 Å². The molecule has 4 atom stereocenters. The Bertz CT molecular complexity index is 1040. The molecule has 2 aromatic rings. The monoisotopic (exact) mass is 531 g/mol. The molecule has 1 aliphatic rings. The van der Waals surface area contributed by atoms with Gasteiger partial charge in [0.1, 0.15) is 17.9 Å². The Morgan fingerprint density at radius 3 is 2.24 bits per heavy atom. The van der Waals surface area contributed by atoms with Crippen LogP contribution in [0.1, 0.15) is 25.0 Å². The zero-order valence-electron chi connectivity index (χ0n) is 19.1. The van der Waals surface area contributed by atoms with Crippen molar-refractivity contribution in [2.45, 2.75) is 37.7 Å². The third kappa shape index (κ3) is 5.66. The smallest absolute Gasteiger partial charge is 0.352 e. The highest BCUT2D eigenvalue weighted by Crippen LogP contribution is 2.36. The summed E-state index contributed by atoms with van der Waals surface area (Å²) in [6.07, 6.45) is -2.70. The van der Waals surface area contributed by atoms with E-state index >= 15 is 0 Å². The predicted molar refractivity (Wildman–Crippen MR) is 129 cm³/mol. The average molecular weight is 532 g/mol. The third-order valence-electron chi connectivity index (χ3n) is 5.37. The molecule has 2 aromatic carbocycles. The summed E-state index contributed by atoms with van der Waals surface area (Å²) in [5.41, 5.74) is 1.07. The molecule has 0 radical (unpaired) electrons. The lowest BCUT2D eigenvalue weighted by molar-refractivity contribution is -0.175. The van der Waals surface area contributed by atoms with E-state index in [0.29, 0.717) is 21.5 Å². The van der Waals surface area contributed by atoms with Gasteiger partial charge in [-0.3, -0.25) is 9.59 Å². The number of esters is 2. The maximum atomic E-state index is 13.2. The lowest BCUT2D eigenvalue weighted by atomic mass is 9.89. The van der Waals surface area contributed by atoms with Crippen LogP contribution in [0.25, 0.3) is 0 Å². The van der Waals surface area contributed by atoms with Crippen LogP contribution in [0.4, 0.5) is 5.69 Å². The number of halogens is 1. The Morgan fingerprint density at radius 2 is 1.71 bits per heavy atom. The number of carbonyl (C=O) groups is 3. The van der Waals surface area contributed by atoms with Crippen LogP contribution in [0, 0.1) is 0 Å². The highest BCUT2D eigenvalue weighted by Gasteiger charge is 2.54. The maximum Gasteiger partial charge on any atom is 0.352 e. The maximum absolute atomic E-state index is 13.2. The first-order valence-electron chi connectivity index (χ1n) is 10.5. The molecular weight excluding hydrogens is 506 g/mol. The molecule has 0 aromatic heterocycles. The van der Waals surface area contributed by atoms with Gasteiger partial charge in [-0.25, -0.2) is 4.79 Å². The summed E-state index contributed by atoms with van der Waals surface area (Å²) in [6, 6.07) is 14.9. The van der Waals surface area contributed by atoms with E-state index in [0.717, 1.165) is 0 Å². The zero-order valence-corrected chi connectivity index (χ0v) is 20.7. The molecule has 3 rings (SSSR count). The van der Waals surface area contributed by atoms with Gasteiger partial charge in [0.25, 0.3) is 5.91 Å². The quantitative estimate of drug-likeness (QED) is 0.338. The van der Waals surface area contributed by atoms with Crippen molar-refractivity contribution in [2.75, 3.05) is 19.1 Å². The Labute approximate surface area is 206 Å². The molecule has 34 heavy (non-hydrogen) atoms. The zero-order chi connectivity index (χ0) is 24.8. The fourth-order valence-electron chi connectivity index (χ4n) is 3.83. The first-order chi connectivity index (χ1) is 16.3. The Balaban J connectivity index is 1.91. The SMILES string of the molecule is C=C(Br)C[C@@H](OC(=O)[C@H](OC(C)=O)c1ccccc1)[C@H]1[C@@H](OC)C(=O)N1c1ccc(OC)cc1. The number of anilines is 1. The minimum Gasteiger partial charge on any atom is -0.497 e. The van der Waals surface area contributed by atoms with Crippen LogP contribution < -0.4 is 9.64 Å². The van der Waals surface area contributed by atoms with Crippen molar-refractivity contribution in [2.24, 2.45) is 0 Å². The number of nitrogens with zero attached hydrogens (tertiary/aromatic N) is 1. The molecule has 9 heteroatoms. The van der Waals surface area contributed by atoms with Gasteiger partial charge < -0.3 is 23.8 Å². The number of amides is 1. The molecule has 8 nitrogen and oxygen atoms in total. The molecule has 1 amide bonds. The number of rotatable bonds is 10. The first-order valence-corrected chi connectivity index (χ1v) is 11.3. The number of hydrogen-bond donors (Lipinski definition) is 0. The van der Waals surface area contributed by atoms with Crippen LogP contribution in [0.3, 0.4) is 0 Å². The normalized spacial score (nSPS) is 18.9. The molecule has 0 spiro atoms. The van der Waals surface area contributed by atoms with Gasteiger partial charge in [0.15, 0.2) is 6.10 Å². The molecule has 1 saturated heterocycles. The molecule has 1 fully saturated rings. The molecule has 0 aliphatic carbocycles. The molecule has 0 saturated carbocycles. The van der Waals surface area contributed by atoms with Gasteiger partial charge in [-0.1, -0.05) is 52.8 Å². The summed E-state index contributed by atoms with van der Waals surface area (Å²) in [4.78, 5) is 39.3. The molecule has 180 valence electrons. The van der Waals surface area contributed by atoms with Gasteiger partial charge in [-0.2, -0.15) is 0 Å². The van der Waals surface area contributed by atoms with Gasteiger partial charge in [-0.05, 0) is 28.7 Å². The standard InChI is InChI=1S/C25H26BrNO7/c1-15(26)14-20(34-25(30)22(33-16(2)28)17-8-6-5-7-9-17)21-23(32-4)24(29)27(21)18-10-12-19(31-3)13-11-18/h5-13,20-23H,1,14H2,2-4H3/t20-,21+,22-,23-/m1/s1. The van der Waals surface area contributed by atoms with Crippen LogP contribution in [-0.2, 0) is 28.6 Å².